The van der Waals surface area contributed by atoms with Gasteiger partial charge in [-0.15, -0.1) is 0 Å². The summed E-state index contributed by atoms with van der Waals surface area (Å²) >= 11 is 0. The van der Waals surface area contributed by atoms with Gasteiger partial charge in [0.25, 0.3) is 5.91 Å². The van der Waals surface area contributed by atoms with Crippen molar-refractivity contribution >= 4 is 17.6 Å². The average Bonchev–Trinajstić information content (AvgIpc) is 2.60. The molecule has 23 heavy (non-hydrogen) atoms. The molecule has 0 fully saturated rings. The topological polar surface area (TPSA) is 73.9 Å². The maximum atomic E-state index is 11.8. The summed E-state index contributed by atoms with van der Waals surface area (Å²) in [6.45, 7) is -0.364. The number of carbonyl (C=O) groups is 2. The Morgan fingerprint density at radius 1 is 0.870 bits per heavy atom. The molecule has 0 atom stereocenters. The summed E-state index contributed by atoms with van der Waals surface area (Å²) in [5.41, 5.74) is 0.944. The van der Waals surface area contributed by atoms with E-state index in [0.29, 0.717) is 22.7 Å². The highest BCUT2D eigenvalue weighted by atomic mass is 16.5. The van der Waals surface area contributed by atoms with Crippen molar-refractivity contribution in [2.24, 2.45) is 0 Å². The van der Waals surface area contributed by atoms with Gasteiger partial charge in [-0.2, -0.15) is 0 Å². The summed E-state index contributed by atoms with van der Waals surface area (Å²) < 4.78 is 15.0. The Kier molecular flexibility index (Phi) is 5.57. The highest BCUT2D eigenvalue weighted by molar-refractivity contribution is 5.95. The van der Waals surface area contributed by atoms with Gasteiger partial charge in [0.05, 0.1) is 19.8 Å². The number of carbonyl (C=O) groups excluding carboxylic acids is 2. The Balaban J connectivity index is 1.83. The molecule has 0 radical (unpaired) electrons. The van der Waals surface area contributed by atoms with Gasteiger partial charge < -0.3 is 19.5 Å². The number of methoxy groups -OCH3 is 2. The SMILES string of the molecule is COc1ccc(NC(=O)COC(=O)c2ccc(OC)cc2)cc1. The van der Waals surface area contributed by atoms with Crippen molar-refractivity contribution in [1.29, 1.82) is 0 Å². The van der Waals surface area contributed by atoms with E-state index >= 15 is 0 Å². The minimum atomic E-state index is -0.572. The fraction of sp³-hybridized carbons (Fsp3) is 0.176. The Labute approximate surface area is 134 Å². The zero-order chi connectivity index (χ0) is 16.7. The van der Waals surface area contributed by atoms with E-state index < -0.39 is 11.9 Å². The summed E-state index contributed by atoms with van der Waals surface area (Å²) in [7, 11) is 3.10. The van der Waals surface area contributed by atoms with Crippen molar-refractivity contribution in [3.05, 3.63) is 54.1 Å². The monoisotopic (exact) mass is 315 g/mol. The van der Waals surface area contributed by atoms with Gasteiger partial charge in [0.2, 0.25) is 0 Å². The summed E-state index contributed by atoms with van der Waals surface area (Å²) in [6.07, 6.45) is 0. The predicted molar refractivity (Wildman–Crippen MR) is 84.9 cm³/mol. The minimum Gasteiger partial charge on any atom is -0.497 e. The number of rotatable bonds is 6. The number of esters is 1. The van der Waals surface area contributed by atoms with Crippen LogP contribution in [0.4, 0.5) is 5.69 Å². The molecule has 0 aliphatic carbocycles. The third kappa shape index (κ3) is 4.74. The third-order valence-corrected chi connectivity index (χ3v) is 3.03. The van der Waals surface area contributed by atoms with Crippen molar-refractivity contribution in [1.82, 2.24) is 0 Å². The number of nitrogens with one attached hydrogen (secondary N) is 1. The van der Waals surface area contributed by atoms with E-state index in [4.69, 9.17) is 14.2 Å². The molecule has 0 saturated heterocycles. The van der Waals surface area contributed by atoms with Crippen LogP contribution in [-0.4, -0.2) is 32.7 Å². The first-order chi connectivity index (χ1) is 11.1. The van der Waals surface area contributed by atoms with Gasteiger partial charge in [-0.25, -0.2) is 4.79 Å². The number of hydrogen-bond acceptors (Lipinski definition) is 5. The van der Waals surface area contributed by atoms with Gasteiger partial charge >= 0.3 is 5.97 Å². The molecular formula is C17H17NO5. The highest BCUT2D eigenvalue weighted by Gasteiger charge is 2.10. The van der Waals surface area contributed by atoms with Crippen molar-refractivity contribution in [2.75, 3.05) is 26.1 Å². The second-order valence-corrected chi connectivity index (χ2v) is 4.58. The fourth-order valence-electron chi connectivity index (χ4n) is 1.81. The smallest absolute Gasteiger partial charge is 0.338 e. The molecule has 6 nitrogen and oxygen atoms in total. The highest BCUT2D eigenvalue weighted by Crippen LogP contribution is 2.15. The third-order valence-electron chi connectivity index (χ3n) is 3.03. The van der Waals surface area contributed by atoms with Crippen LogP contribution >= 0.6 is 0 Å². The van der Waals surface area contributed by atoms with Crippen LogP contribution in [0.15, 0.2) is 48.5 Å². The molecule has 0 saturated carbocycles. The Morgan fingerprint density at radius 3 is 1.91 bits per heavy atom. The quantitative estimate of drug-likeness (QED) is 0.829. The second-order valence-electron chi connectivity index (χ2n) is 4.58. The van der Waals surface area contributed by atoms with Crippen molar-refractivity contribution < 1.29 is 23.8 Å². The van der Waals surface area contributed by atoms with Crippen LogP contribution in [0.2, 0.25) is 0 Å². The lowest BCUT2D eigenvalue weighted by atomic mass is 10.2. The van der Waals surface area contributed by atoms with E-state index in [0.717, 1.165) is 0 Å². The molecule has 1 amide bonds. The molecule has 0 heterocycles. The lowest BCUT2D eigenvalue weighted by Crippen LogP contribution is -2.20. The van der Waals surface area contributed by atoms with E-state index in [9.17, 15) is 9.59 Å². The lowest BCUT2D eigenvalue weighted by molar-refractivity contribution is -0.119. The zero-order valence-corrected chi connectivity index (χ0v) is 12.9. The van der Waals surface area contributed by atoms with Gasteiger partial charge in [-0.3, -0.25) is 4.79 Å². The largest absolute Gasteiger partial charge is 0.497 e. The first-order valence-corrected chi connectivity index (χ1v) is 6.87. The van der Waals surface area contributed by atoms with Crippen LogP contribution in [0.3, 0.4) is 0 Å². The van der Waals surface area contributed by atoms with Crippen molar-refractivity contribution in [2.45, 2.75) is 0 Å². The molecule has 0 bridgehead atoms. The molecule has 0 aromatic heterocycles. The van der Waals surface area contributed by atoms with E-state index in [2.05, 4.69) is 5.32 Å². The van der Waals surface area contributed by atoms with Crippen LogP contribution in [0.5, 0.6) is 11.5 Å². The Morgan fingerprint density at radius 2 is 1.39 bits per heavy atom. The molecule has 0 aliphatic heterocycles. The molecule has 2 aromatic rings. The normalized spacial score (nSPS) is 9.83. The van der Waals surface area contributed by atoms with Gasteiger partial charge in [-0.05, 0) is 48.5 Å². The van der Waals surface area contributed by atoms with E-state index in [-0.39, 0.29) is 6.61 Å². The fourth-order valence-corrected chi connectivity index (χ4v) is 1.81. The molecular weight excluding hydrogens is 298 g/mol. The molecule has 0 spiro atoms. The first kappa shape index (κ1) is 16.4. The Bertz CT molecular complexity index is 664. The second kappa shape index (κ2) is 7.84. The van der Waals surface area contributed by atoms with Crippen molar-refractivity contribution in [3.63, 3.8) is 0 Å². The van der Waals surface area contributed by atoms with E-state index in [1.54, 1.807) is 55.6 Å². The molecule has 0 unspecified atom stereocenters. The zero-order valence-electron chi connectivity index (χ0n) is 12.9. The van der Waals surface area contributed by atoms with Crippen molar-refractivity contribution in [3.8, 4) is 11.5 Å². The van der Waals surface area contributed by atoms with E-state index in [1.165, 1.54) is 7.11 Å². The Hall–Kier alpha value is -3.02. The average molecular weight is 315 g/mol. The summed E-state index contributed by atoms with van der Waals surface area (Å²) in [5, 5.41) is 2.63. The van der Waals surface area contributed by atoms with E-state index in [1.807, 2.05) is 0 Å². The molecule has 120 valence electrons. The summed E-state index contributed by atoms with van der Waals surface area (Å²) in [5.74, 6) is 0.335. The van der Waals surface area contributed by atoms with Crippen LogP contribution < -0.4 is 14.8 Å². The van der Waals surface area contributed by atoms with Crippen LogP contribution in [0.1, 0.15) is 10.4 Å². The summed E-state index contributed by atoms with van der Waals surface area (Å²) in [4.78, 5) is 23.6. The number of benzene rings is 2. The maximum absolute atomic E-state index is 11.8. The maximum Gasteiger partial charge on any atom is 0.338 e. The number of ether oxygens (including phenoxy) is 3. The van der Waals surface area contributed by atoms with Crippen LogP contribution in [0, 0.1) is 0 Å². The van der Waals surface area contributed by atoms with Gasteiger partial charge in [0, 0.05) is 5.69 Å². The predicted octanol–water partition coefficient (Wildman–Crippen LogP) is 2.50. The number of amides is 1. The van der Waals surface area contributed by atoms with Crippen LogP contribution in [0.25, 0.3) is 0 Å². The molecule has 6 heteroatoms. The minimum absolute atomic E-state index is 0.350. The lowest BCUT2D eigenvalue weighted by Gasteiger charge is -2.07. The molecule has 1 N–H and O–H groups in total. The molecule has 0 aliphatic rings. The van der Waals surface area contributed by atoms with Gasteiger partial charge in [-0.1, -0.05) is 0 Å². The van der Waals surface area contributed by atoms with Gasteiger partial charge in [0.15, 0.2) is 6.61 Å². The molecule has 2 aromatic carbocycles. The molecule has 2 rings (SSSR count). The standard InChI is InChI=1S/C17H17NO5/c1-21-14-7-3-12(4-8-14)17(20)23-11-16(19)18-13-5-9-15(22-2)10-6-13/h3-10H,11H2,1-2H3,(H,18,19). The van der Waals surface area contributed by atoms with Crippen LogP contribution in [-0.2, 0) is 9.53 Å². The first-order valence-electron chi connectivity index (χ1n) is 6.87. The van der Waals surface area contributed by atoms with Gasteiger partial charge in [0.1, 0.15) is 11.5 Å². The number of anilines is 1. The number of hydrogen-bond donors (Lipinski definition) is 1. The summed E-state index contributed by atoms with van der Waals surface area (Å²) in [6, 6.07) is 13.3.